The summed E-state index contributed by atoms with van der Waals surface area (Å²) in [5, 5.41) is 0. The third kappa shape index (κ3) is 3.41. The standard InChI is InChI=1S/C16H17NO4/c1-3-20-16(19)15-13(11-7-5-4-6-8-11)9-12(18)10-14(15)21-17-2/h4-5,7,10,13,15,17H,3,9H2,1-2H3. The Kier molecular flexibility index (Phi) is 4.96. The zero-order valence-electron chi connectivity index (χ0n) is 12.0. The lowest BCUT2D eigenvalue weighted by atomic mass is 9.78. The van der Waals surface area contributed by atoms with Crippen LogP contribution in [-0.2, 0) is 19.2 Å². The molecule has 1 aliphatic rings. The van der Waals surface area contributed by atoms with E-state index in [0.717, 1.165) is 5.56 Å². The number of hydrogen-bond acceptors (Lipinski definition) is 5. The molecule has 5 heteroatoms. The van der Waals surface area contributed by atoms with Crippen molar-refractivity contribution in [1.29, 1.82) is 0 Å². The molecule has 0 fully saturated rings. The number of nitrogens with one attached hydrogen (secondary N) is 1. The van der Waals surface area contributed by atoms with Crippen LogP contribution in [0.2, 0.25) is 0 Å². The second-order valence-electron chi connectivity index (χ2n) is 4.61. The number of carbonyl (C=O) groups is 2. The number of ether oxygens (including phenoxy) is 1. The lowest BCUT2D eigenvalue weighted by Gasteiger charge is -2.29. The number of rotatable bonds is 5. The average molecular weight is 287 g/mol. The highest BCUT2D eigenvalue weighted by molar-refractivity contribution is 5.94. The van der Waals surface area contributed by atoms with Crippen LogP contribution in [0, 0.1) is 18.1 Å². The van der Waals surface area contributed by atoms with Gasteiger partial charge < -0.3 is 9.57 Å². The molecule has 2 unspecified atom stereocenters. The maximum absolute atomic E-state index is 12.3. The maximum Gasteiger partial charge on any atom is 0.317 e. The second-order valence-corrected chi connectivity index (χ2v) is 4.61. The molecule has 0 spiro atoms. The second kappa shape index (κ2) is 6.91. The number of esters is 1. The molecule has 110 valence electrons. The highest BCUT2D eigenvalue weighted by atomic mass is 16.6. The summed E-state index contributed by atoms with van der Waals surface area (Å²) >= 11 is 0. The highest BCUT2D eigenvalue weighted by Crippen LogP contribution is 2.37. The van der Waals surface area contributed by atoms with Crippen molar-refractivity contribution in [3.05, 3.63) is 47.7 Å². The van der Waals surface area contributed by atoms with E-state index in [1.165, 1.54) is 6.08 Å². The summed E-state index contributed by atoms with van der Waals surface area (Å²) in [4.78, 5) is 29.4. The molecular formula is C16H17NO4. The molecule has 1 aromatic carbocycles. The number of hydroxylamine groups is 1. The lowest BCUT2D eigenvalue weighted by Crippen LogP contribution is -2.33. The fourth-order valence-electron chi connectivity index (χ4n) is 2.44. The van der Waals surface area contributed by atoms with Gasteiger partial charge in [0, 0.05) is 31.0 Å². The van der Waals surface area contributed by atoms with E-state index in [4.69, 9.17) is 9.57 Å². The molecule has 0 aromatic heterocycles. The topological polar surface area (TPSA) is 64.6 Å². The average Bonchev–Trinajstić information content (AvgIpc) is 2.48. The first kappa shape index (κ1) is 15.1. The molecule has 1 aromatic rings. The molecule has 5 nitrogen and oxygen atoms in total. The van der Waals surface area contributed by atoms with E-state index in [2.05, 4.69) is 17.6 Å². The molecular weight excluding hydrogens is 270 g/mol. The van der Waals surface area contributed by atoms with Gasteiger partial charge in [-0.2, -0.15) is 5.48 Å². The minimum Gasteiger partial charge on any atom is -0.465 e. The van der Waals surface area contributed by atoms with Gasteiger partial charge in [-0.1, -0.05) is 18.2 Å². The highest BCUT2D eigenvalue weighted by Gasteiger charge is 2.40. The Hall–Kier alpha value is -2.32. The summed E-state index contributed by atoms with van der Waals surface area (Å²) in [6, 6.07) is 11.1. The summed E-state index contributed by atoms with van der Waals surface area (Å²) in [5.74, 6) is -1.25. The fraction of sp³-hybridized carbons (Fsp3) is 0.375. The quantitative estimate of drug-likeness (QED) is 0.657. The lowest BCUT2D eigenvalue weighted by molar-refractivity contribution is -0.149. The van der Waals surface area contributed by atoms with Gasteiger partial charge in [0.2, 0.25) is 0 Å². The number of carbonyl (C=O) groups excluding carboxylic acids is 2. The van der Waals surface area contributed by atoms with Crippen LogP contribution in [0.4, 0.5) is 0 Å². The minimum atomic E-state index is -0.665. The predicted octanol–water partition coefficient (Wildman–Crippen LogP) is 1.56. The number of ketones is 1. The van der Waals surface area contributed by atoms with Crippen LogP contribution in [0.1, 0.15) is 24.8 Å². The molecule has 0 heterocycles. The van der Waals surface area contributed by atoms with Crippen molar-refractivity contribution in [2.24, 2.45) is 5.92 Å². The van der Waals surface area contributed by atoms with Crippen LogP contribution >= 0.6 is 0 Å². The molecule has 0 saturated heterocycles. The Morgan fingerprint density at radius 3 is 2.95 bits per heavy atom. The SMILES string of the molecule is CCOC(=O)C1C(ONC)=CC(=O)CC1c1c#cccc1. The number of hydrogen-bond donors (Lipinski definition) is 1. The molecule has 1 aliphatic carbocycles. The molecule has 0 saturated carbocycles. The van der Waals surface area contributed by atoms with Crippen molar-refractivity contribution < 1.29 is 19.2 Å². The third-order valence-electron chi connectivity index (χ3n) is 3.27. The smallest absolute Gasteiger partial charge is 0.317 e. The van der Waals surface area contributed by atoms with E-state index in [1.54, 1.807) is 26.1 Å². The van der Waals surface area contributed by atoms with E-state index in [0.29, 0.717) is 0 Å². The Bertz CT molecular complexity index is 538. The Balaban J connectivity index is 2.39. The molecule has 2 atom stereocenters. The first-order valence-electron chi connectivity index (χ1n) is 6.80. The maximum atomic E-state index is 12.3. The summed E-state index contributed by atoms with van der Waals surface area (Å²) in [6.07, 6.45) is 1.57. The van der Waals surface area contributed by atoms with Crippen LogP contribution in [0.5, 0.6) is 0 Å². The van der Waals surface area contributed by atoms with Crippen molar-refractivity contribution in [3.8, 4) is 0 Å². The largest absolute Gasteiger partial charge is 0.465 e. The fourth-order valence-corrected chi connectivity index (χ4v) is 2.44. The summed E-state index contributed by atoms with van der Waals surface area (Å²) < 4.78 is 5.12. The molecule has 0 aliphatic heterocycles. The monoisotopic (exact) mass is 287 g/mol. The van der Waals surface area contributed by atoms with Gasteiger partial charge in [0.05, 0.1) is 6.61 Å². The molecule has 1 N–H and O–H groups in total. The minimum absolute atomic E-state index is 0.0944. The molecule has 2 rings (SSSR count). The van der Waals surface area contributed by atoms with Gasteiger partial charge in [-0.15, -0.1) is 0 Å². The first-order chi connectivity index (χ1) is 10.2. The van der Waals surface area contributed by atoms with Crippen molar-refractivity contribution >= 4 is 11.8 Å². The van der Waals surface area contributed by atoms with E-state index < -0.39 is 11.9 Å². The Labute approximate surface area is 123 Å². The molecule has 21 heavy (non-hydrogen) atoms. The van der Waals surface area contributed by atoms with Gasteiger partial charge in [0.25, 0.3) is 0 Å². The summed E-state index contributed by atoms with van der Waals surface area (Å²) in [7, 11) is 1.57. The van der Waals surface area contributed by atoms with Gasteiger partial charge in [-0.25, -0.2) is 0 Å². The molecule has 0 amide bonds. The van der Waals surface area contributed by atoms with Crippen molar-refractivity contribution in [1.82, 2.24) is 5.48 Å². The van der Waals surface area contributed by atoms with Crippen LogP contribution in [0.25, 0.3) is 0 Å². The Morgan fingerprint density at radius 1 is 1.52 bits per heavy atom. The number of allylic oxidation sites excluding steroid dienone is 1. The molecule has 0 bridgehead atoms. The van der Waals surface area contributed by atoms with E-state index >= 15 is 0 Å². The van der Waals surface area contributed by atoms with Crippen molar-refractivity contribution in [2.45, 2.75) is 19.3 Å². The van der Waals surface area contributed by atoms with Crippen LogP contribution in [0.15, 0.2) is 30.0 Å². The normalized spacial score (nSPS) is 21.2. The summed E-state index contributed by atoms with van der Waals surface area (Å²) in [6.45, 7) is 2.01. The third-order valence-corrected chi connectivity index (χ3v) is 3.27. The zero-order valence-corrected chi connectivity index (χ0v) is 12.0. The van der Waals surface area contributed by atoms with Crippen LogP contribution in [-0.4, -0.2) is 25.4 Å². The van der Waals surface area contributed by atoms with Crippen LogP contribution in [0.3, 0.4) is 0 Å². The predicted molar refractivity (Wildman–Crippen MR) is 74.8 cm³/mol. The van der Waals surface area contributed by atoms with E-state index in [9.17, 15) is 9.59 Å². The Morgan fingerprint density at radius 2 is 2.33 bits per heavy atom. The van der Waals surface area contributed by atoms with Crippen LogP contribution < -0.4 is 5.48 Å². The van der Waals surface area contributed by atoms with E-state index in [1.807, 2.05) is 6.07 Å². The van der Waals surface area contributed by atoms with E-state index in [-0.39, 0.29) is 30.5 Å². The van der Waals surface area contributed by atoms with Gasteiger partial charge in [0.15, 0.2) is 5.78 Å². The van der Waals surface area contributed by atoms with Gasteiger partial charge in [-0.05, 0) is 19.1 Å². The van der Waals surface area contributed by atoms with Gasteiger partial charge >= 0.3 is 5.97 Å². The van der Waals surface area contributed by atoms with Crippen molar-refractivity contribution in [2.75, 3.05) is 13.7 Å². The summed E-state index contributed by atoms with van der Waals surface area (Å²) in [5.41, 5.74) is 3.26. The zero-order chi connectivity index (χ0) is 15.2. The van der Waals surface area contributed by atoms with Crippen molar-refractivity contribution in [3.63, 3.8) is 0 Å². The van der Waals surface area contributed by atoms with Gasteiger partial charge in [-0.3, -0.25) is 9.59 Å². The molecule has 0 radical (unpaired) electrons. The first-order valence-corrected chi connectivity index (χ1v) is 6.80. The van der Waals surface area contributed by atoms with Gasteiger partial charge in [0.1, 0.15) is 11.7 Å².